The summed E-state index contributed by atoms with van der Waals surface area (Å²) in [6.07, 6.45) is 2.43. The molecule has 1 aliphatic rings. The van der Waals surface area contributed by atoms with Crippen molar-refractivity contribution < 1.29 is 9.59 Å². The van der Waals surface area contributed by atoms with E-state index in [9.17, 15) is 9.59 Å². The molecule has 0 aliphatic carbocycles. The quantitative estimate of drug-likeness (QED) is 0.928. The van der Waals surface area contributed by atoms with Crippen LogP contribution in [0.15, 0.2) is 24.3 Å². The zero-order valence-electron chi connectivity index (χ0n) is 11.6. The van der Waals surface area contributed by atoms with E-state index in [1.807, 2.05) is 17.0 Å². The number of nitrogens with one attached hydrogen (secondary N) is 1. The lowest BCUT2D eigenvalue weighted by molar-refractivity contribution is -0.131. The van der Waals surface area contributed by atoms with E-state index in [2.05, 4.69) is 5.32 Å². The van der Waals surface area contributed by atoms with Gasteiger partial charge in [0.2, 0.25) is 11.8 Å². The second kappa shape index (κ2) is 6.75. The fourth-order valence-corrected chi connectivity index (χ4v) is 2.59. The number of carbonyl (C=O) groups is 2. The molecule has 1 aromatic rings. The largest absolute Gasteiger partial charge is 0.349 e. The second-order valence-corrected chi connectivity index (χ2v) is 5.53. The van der Waals surface area contributed by atoms with E-state index in [4.69, 9.17) is 11.6 Å². The topological polar surface area (TPSA) is 49.4 Å². The molecular formula is C15H19ClN2O2. The summed E-state index contributed by atoms with van der Waals surface area (Å²) in [5.41, 5.74) is 0.900. The first-order chi connectivity index (χ1) is 9.56. The molecule has 0 unspecified atom stereocenters. The number of rotatable bonds is 4. The van der Waals surface area contributed by atoms with Gasteiger partial charge in [-0.2, -0.15) is 0 Å². The fourth-order valence-electron chi connectivity index (χ4n) is 2.46. The first-order valence-electron chi connectivity index (χ1n) is 6.86. The zero-order valence-corrected chi connectivity index (χ0v) is 12.3. The smallest absolute Gasteiger partial charge is 0.224 e. The number of carbonyl (C=O) groups excluding carboxylic acids is 2. The summed E-state index contributed by atoms with van der Waals surface area (Å²) in [7, 11) is 0. The van der Waals surface area contributed by atoms with Crippen molar-refractivity contribution in [2.45, 2.75) is 32.2 Å². The molecule has 1 saturated heterocycles. The Morgan fingerprint density at radius 2 is 1.85 bits per heavy atom. The first-order valence-corrected chi connectivity index (χ1v) is 7.24. The summed E-state index contributed by atoms with van der Waals surface area (Å²) >= 11 is 5.87. The Kier molecular flexibility index (Phi) is 5.01. The van der Waals surface area contributed by atoms with Gasteiger partial charge in [-0.25, -0.2) is 0 Å². The Labute approximate surface area is 124 Å². The van der Waals surface area contributed by atoms with Crippen molar-refractivity contribution in [2.24, 2.45) is 0 Å². The molecule has 1 heterocycles. The van der Waals surface area contributed by atoms with Crippen molar-refractivity contribution in [2.75, 3.05) is 13.1 Å². The van der Waals surface area contributed by atoms with Crippen LogP contribution in [-0.2, 0) is 9.59 Å². The summed E-state index contributed by atoms with van der Waals surface area (Å²) in [5, 5.41) is 3.48. The Balaban J connectivity index is 2.08. The van der Waals surface area contributed by atoms with Crippen LogP contribution >= 0.6 is 11.6 Å². The maximum Gasteiger partial charge on any atom is 0.224 e. The molecule has 20 heavy (non-hydrogen) atoms. The average molecular weight is 295 g/mol. The van der Waals surface area contributed by atoms with Crippen molar-refractivity contribution in [1.82, 2.24) is 10.2 Å². The molecule has 4 nitrogen and oxygen atoms in total. The molecule has 0 aromatic heterocycles. The minimum Gasteiger partial charge on any atom is -0.349 e. The van der Waals surface area contributed by atoms with E-state index in [0.29, 0.717) is 11.4 Å². The third-order valence-electron chi connectivity index (χ3n) is 3.49. The Morgan fingerprint density at radius 1 is 1.25 bits per heavy atom. The van der Waals surface area contributed by atoms with Crippen molar-refractivity contribution in [1.29, 1.82) is 0 Å². The van der Waals surface area contributed by atoms with E-state index in [0.717, 1.165) is 31.5 Å². The van der Waals surface area contributed by atoms with Crippen LogP contribution in [0.2, 0.25) is 5.02 Å². The number of halogens is 1. The van der Waals surface area contributed by atoms with Gasteiger partial charge in [0.25, 0.3) is 0 Å². The molecule has 2 rings (SSSR count). The van der Waals surface area contributed by atoms with Gasteiger partial charge in [0, 0.05) is 25.0 Å². The van der Waals surface area contributed by atoms with Gasteiger partial charge >= 0.3 is 0 Å². The van der Waals surface area contributed by atoms with Gasteiger partial charge in [0.05, 0.1) is 12.5 Å². The highest BCUT2D eigenvalue weighted by atomic mass is 35.5. The minimum absolute atomic E-state index is 0.0937. The van der Waals surface area contributed by atoms with E-state index >= 15 is 0 Å². The molecule has 1 N–H and O–H groups in total. The molecule has 0 spiro atoms. The van der Waals surface area contributed by atoms with E-state index in [1.54, 1.807) is 12.1 Å². The number of likely N-dealkylation sites (tertiary alicyclic amines) is 1. The average Bonchev–Trinajstić information content (AvgIpc) is 2.92. The monoisotopic (exact) mass is 294 g/mol. The van der Waals surface area contributed by atoms with Crippen LogP contribution < -0.4 is 5.32 Å². The highest BCUT2D eigenvalue weighted by Crippen LogP contribution is 2.21. The number of hydrogen-bond donors (Lipinski definition) is 1. The second-order valence-electron chi connectivity index (χ2n) is 5.10. The number of hydrogen-bond acceptors (Lipinski definition) is 2. The fraction of sp³-hybridized carbons (Fsp3) is 0.467. The van der Waals surface area contributed by atoms with Crippen LogP contribution in [0.1, 0.15) is 37.8 Å². The highest BCUT2D eigenvalue weighted by Gasteiger charge is 2.23. The number of nitrogens with zero attached hydrogens (tertiary/aromatic N) is 1. The van der Waals surface area contributed by atoms with Crippen molar-refractivity contribution in [3.63, 3.8) is 0 Å². The summed E-state index contributed by atoms with van der Waals surface area (Å²) in [5.74, 6) is -0.0460. The Bertz CT molecular complexity index is 481. The van der Waals surface area contributed by atoms with Gasteiger partial charge in [0.1, 0.15) is 0 Å². The standard InChI is InChI=1S/C15H19ClN2O2/c1-11(19)17-14(12-4-6-13(16)7-5-12)10-15(20)18-8-2-3-9-18/h4-7,14H,2-3,8-10H2,1H3,(H,17,19)/t14-/m1/s1. The normalized spacial score (nSPS) is 16.0. The summed E-state index contributed by atoms with van der Waals surface area (Å²) in [6, 6.07) is 6.94. The van der Waals surface area contributed by atoms with E-state index < -0.39 is 0 Å². The van der Waals surface area contributed by atoms with Crippen LogP contribution in [0.4, 0.5) is 0 Å². The van der Waals surface area contributed by atoms with Crippen LogP contribution in [0.25, 0.3) is 0 Å². The van der Waals surface area contributed by atoms with Gasteiger partial charge in [-0.15, -0.1) is 0 Å². The van der Waals surface area contributed by atoms with Crippen molar-refractivity contribution in [3.05, 3.63) is 34.9 Å². The lowest BCUT2D eigenvalue weighted by atomic mass is 10.0. The van der Waals surface area contributed by atoms with Crippen molar-refractivity contribution in [3.8, 4) is 0 Å². The molecule has 1 atom stereocenters. The highest BCUT2D eigenvalue weighted by molar-refractivity contribution is 6.30. The molecule has 108 valence electrons. The maximum absolute atomic E-state index is 12.2. The van der Waals surface area contributed by atoms with Crippen molar-refractivity contribution >= 4 is 23.4 Å². The molecule has 0 bridgehead atoms. The van der Waals surface area contributed by atoms with Gasteiger partial charge in [-0.1, -0.05) is 23.7 Å². The van der Waals surface area contributed by atoms with Crippen LogP contribution in [0.5, 0.6) is 0 Å². The van der Waals surface area contributed by atoms with Gasteiger partial charge in [-0.05, 0) is 30.5 Å². The van der Waals surface area contributed by atoms with Crippen LogP contribution in [-0.4, -0.2) is 29.8 Å². The van der Waals surface area contributed by atoms with Crippen LogP contribution in [0.3, 0.4) is 0 Å². The molecule has 0 saturated carbocycles. The van der Waals surface area contributed by atoms with Gasteiger partial charge < -0.3 is 10.2 Å². The Morgan fingerprint density at radius 3 is 2.40 bits per heavy atom. The van der Waals surface area contributed by atoms with E-state index in [-0.39, 0.29) is 17.9 Å². The molecule has 1 aromatic carbocycles. The Hall–Kier alpha value is -1.55. The summed E-state index contributed by atoms with van der Waals surface area (Å²) in [6.45, 7) is 3.11. The molecule has 1 aliphatic heterocycles. The summed E-state index contributed by atoms with van der Waals surface area (Å²) < 4.78 is 0. The molecule has 2 amide bonds. The number of amides is 2. The lowest BCUT2D eigenvalue weighted by Crippen LogP contribution is -2.34. The predicted octanol–water partition coefficient (Wildman–Crippen LogP) is 2.53. The number of benzene rings is 1. The van der Waals surface area contributed by atoms with Crippen LogP contribution in [0, 0.1) is 0 Å². The molecular weight excluding hydrogens is 276 g/mol. The SMILES string of the molecule is CC(=O)N[C@H](CC(=O)N1CCCC1)c1ccc(Cl)cc1. The van der Waals surface area contributed by atoms with Gasteiger partial charge in [-0.3, -0.25) is 9.59 Å². The maximum atomic E-state index is 12.2. The van der Waals surface area contributed by atoms with E-state index in [1.165, 1.54) is 6.92 Å². The third-order valence-corrected chi connectivity index (χ3v) is 3.74. The zero-order chi connectivity index (χ0) is 14.5. The first kappa shape index (κ1) is 14.9. The third kappa shape index (κ3) is 3.97. The summed E-state index contributed by atoms with van der Waals surface area (Å²) in [4.78, 5) is 25.4. The molecule has 1 fully saturated rings. The lowest BCUT2D eigenvalue weighted by Gasteiger charge is -2.22. The molecule has 0 radical (unpaired) electrons. The molecule has 5 heteroatoms. The van der Waals surface area contributed by atoms with Gasteiger partial charge in [0.15, 0.2) is 0 Å². The minimum atomic E-state index is -0.294. The predicted molar refractivity (Wildman–Crippen MR) is 78.4 cm³/mol.